The minimum absolute atomic E-state index is 0.0623. The van der Waals surface area contributed by atoms with Crippen molar-refractivity contribution in [3.8, 4) is 11.1 Å². The lowest BCUT2D eigenvalue weighted by atomic mass is 10.0. The second-order valence-corrected chi connectivity index (χ2v) is 14.2. The summed E-state index contributed by atoms with van der Waals surface area (Å²) >= 11 is 0. The number of carbonyl (C=O) groups excluding carboxylic acids is 1. The van der Waals surface area contributed by atoms with E-state index in [0.29, 0.717) is 27.8 Å². The van der Waals surface area contributed by atoms with Gasteiger partial charge >= 0.3 is 12.1 Å². The number of rotatable bonds is 10. The summed E-state index contributed by atoms with van der Waals surface area (Å²) in [6.07, 6.45) is -4.72. The van der Waals surface area contributed by atoms with Gasteiger partial charge < -0.3 is 9.15 Å². The number of halogens is 3. The summed E-state index contributed by atoms with van der Waals surface area (Å²) in [4.78, 5) is 11.5. The van der Waals surface area contributed by atoms with Crippen LogP contribution < -0.4 is 0 Å². The maximum atomic E-state index is 14.0. The largest absolute Gasteiger partial charge is 0.468 e. The quantitative estimate of drug-likeness (QED) is 0.187. The number of nitrogens with zero attached hydrogens (tertiary/aromatic N) is 1. The van der Waals surface area contributed by atoms with Gasteiger partial charge in [-0.15, -0.1) is 0 Å². The van der Waals surface area contributed by atoms with Gasteiger partial charge in [-0.2, -0.15) is 17.5 Å². The van der Waals surface area contributed by atoms with E-state index in [0.717, 1.165) is 29.1 Å². The standard InChI is InChI=1S/C31H30F3NO7S2/c1-20-14-21(2)30(22(3)15-20)44(39,40)35(18-26-12-13-28(42-26)31(32,33)34)17-23-8-10-24(11-9-23)25-6-5-7-27(16-25)43(37,38)19-29(36)41-4/h5-16H,17-19H2,1-4H3. The summed E-state index contributed by atoms with van der Waals surface area (Å²) in [5.74, 6) is -3.10. The minimum atomic E-state index is -4.72. The monoisotopic (exact) mass is 649 g/mol. The molecule has 8 nitrogen and oxygen atoms in total. The number of benzene rings is 3. The highest BCUT2D eigenvalue weighted by Crippen LogP contribution is 2.33. The van der Waals surface area contributed by atoms with E-state index in [9.17, 15) is 34.8 Å². The van der Waals surface area contributed by atoms with E-state index < -0.39 is 50.1 Å². The molecule has 1 heterocycles. The molecule has 0 aliphatic carbocycles. The Morgan fingerprint density at radius 2 is 1.48 bits per heavy atom. The summed E-state index contributed by atoms with van der Waals surface area (Å²) in [5.41, 5.74) is 3.54. The smallest absolute Gasteiger partial charge is 0.449 e. The molecular formula is C31H30F3NO7S2. The van der Waals surface area contributed by atoms with E-state index >= 15 is 0 Å². The van der Waals surface area contributed by atoms with Crippen LogP contribution in [0.3, 0.4) is 0 Å². The van der Waals surface area contributed by atoms with E-state index in [2.05, 4.69) is 4.74 Å². The van der Waals surface area contributed by atoms with E-state index in [-0.39, 0.29) is 22.1 Å². The van der Waals surface area contributed by atoms with Crippen molar-refractivity contribution in [2.24, 2.45) is 0 Å². The third-order valence-electron chi connectivity index (χ3n) is 6.85. The van der Waals surface area contributed by atoms with Gasteiger partial charge in [-0.1, -0.05) is 54.1 Å². The molecule has 0 amide bonds. The Morgan fingerprint density at radius 1 is 0.841 bits per heavy atom. The van der Waals surface area contributed by atoms with Crippen LogP contribution in [0.25, 0.3) is 11.1 Å². The molecule has 0 spiro atoms. The molecule has 0 bridgehead atoms. The SMILES string of the molecule is COC(=O)CS(=O)(=O)c1cccc(-c2ccc(CN(Cc3ccc(C(F)(F)F)o3)S(=O)(=O)c3c(C)cc(C)cc3C)cc2)c1. The van der Waals surface area contributed by atoms with Gasteiger partial charge in [0, 0.05) is 6.54 Å². The first-order valence-corrected chi connectivity index (χ1v) is 16.3. The highest BCUT2D eigenvalue weighted by Gasteiger charge is 2.36. The maximum Gasteiger partial charge on any atom is 0.449 e. The molecule has 0 radical (unpaired) electrons. The molecule has 0 saturated heterocycles. The number of sulfonamides is 1. The number of methoxy groups -OCH3 is 1. The van der Waals surface area contributed by atoms with Gasteiger partial charge in [0.1, 0.15) is 5.76 Å². The van der Waals surface area contributed by atoms with Gasteiger partial charge in [0.15, 0.2) is 15.6 Å². The van der Waals surface area contributed by atoms with Crippen LogP contribution in [-0.4, -0.2) is 40.0 Å². The number of aryl methyl sites for hydroxylation is 3. The number of hydrogen-bond acceptors (Lipinski definition) is 7. The Labute approximate surface area is 254 Å². The molecule has 0 aliphatic heterocycles. The van der Waals surface area contributed by atoms with Gasteiger partial charge in [-0.25, -0.2) is 16.8 Å². The molecule has 0 unspecified atom stereocenters. The minimum Gasteiger partial charge on any atom is -0.468 e. The molecule has 234 valence electrons. The molecule has 4 rings (SSSR count). The Kier molecular flexibility index (Phi) is 9.43. The average Bonchev–Trinajstić information content (AvgIpc) is 3.42. The third-order valence-corrected chi connectivity index (χ3v) is 10.5. The summed E-state index contributed by atoms with van der Waals surface area (Å²) in [7, 11) is -7.06. The van der Waals surface area contributed by atoms with E-state index in [1.165, 1.54) is 18.2 Å². The molecule has 0 aliphatic rings. The normalized spacial score (nSPS) is 12.5. The summed E-state index contributed by atoms with van der Waals surface area (Å²) in [6, 6.07) is 17.9. The van der Waals surface area contributed by atoms with E-state index in [1.807, 2.05) is 6.92 Å². The van der Waals surface area contributed by atoms with Crippen molar-refractivity contribution < 1.29 is 44.0 Å². The van der Waals surface area contributed by atoms with Gasteiger partial charge in [0.2, 0.25) is 15.8 Å². The predicted molar refractivity (Wildman–Crippen MR) is 157 cm³/mol. The summed E-state index contributed by atoms with van der Waals surface area (Å²) < 4.78 is 103. The van der Waals surface area contributed by atoms with Crippen LogP contribution in [0, 0.1) is 20.8 Å². The lowest BCUT2D eigenvalue weighted by molar-refractivity contribution is -0.153. The van der Waals surface area contributed by atoms with Crippen molar-refractivity contribution in [3.63, 3.8) is 0 Å². The van der Waals surface area contributed by atoms with Crippen LogP contribution in [0.4, 0.5) is 13.2 Å². The van der Waals surface area contributed by atoms with Gasteiger partial charge in [-0.05, 0) is 72.9 Å². The van der Waals surface area contributed by atoms with Crippen LogP contribution in [0.15, 0.2) is 87.0 Å². The topological polar surface area (TPSA) is 111 Å². The number of esters is 1. The Balaban J connectivity index is 1.67. The molecule has 0 N–H and O–H groups in total. The first-order valence-electron chi connectivity index (χ1n) is 13.2. The molecule has 4 aromatic rings. The summed E-state index contributed by atoms with van der Waals surface area (Å²) in [6.45, 7) is 4.52. The molecule has 1 aromatic heterocycles. The number of alkyl halides is 3. The number of hydrogen-bond donors (Lipinski definition) is 0. The Bertz CT molecular complexity index is 1870. The number of carbonyl (C=O) groups is 1. The van der Waals surface area contributed by atoms with Crippen molar-refractivity contribution in [1.82, 2.24) is 4.31 Å². The highest BCUT2D eigenvalue weighted by atomic mass is 32.2. The molecular weight excluding hydrogens is 619 g/mol. The first kappa shape index (κ1) is 33.0. The second kappa shape index (κ2) is 12.6. The Hall–Kier alpha value is -3.94. The van der Waals surface area contributed by atoms with Crippen molar-refractivity contribution >= 4 is 25.8 Å². The molecule has 0 saturated carbocycles. The second-order valence-electron chi connectivity index (χ2n) is 10.3. The van der Waals surface area contributed by atoms with Crippen LogP contribution in [0.2, 0.25) is 0 Å². The zero-order valence-electron chi connectivity index (χ0n) is 24.3. The molecule has 0 atom stereocenters. The van der Waals surface area contributed by atoms with Crippen LogP contribution in [0.1, 0.15) is 33.8 Å². The van der Waals surface area contributed by atoms with Crippen molar-refractivity contribution in [2.45, 2.75) is 49.8 Å². The average molecular weight is 650 g/mol. The summed E-state index contributed by atoms with van der Waals surface area (Å²) in [5, 5.41) is 0. The predicted octanol–water partition coefficient (Wildman–Crippen LogP) is 6.23. The van der Waals surface area contributed by atoms with Crippen molar-refractivity contribution in [1.29, 1.82) is 0 Å². The first-order chi connectivity index (χ1) is 20.5. The fraction of sp³-hybridized carbons (Fsp3) is 0.258. The fourth-order valence-electron chi connectivity index (χ4n) is 4.89. The molecule has 0 fully saturated rings. The zero-order chi connectivity index (χ0) is 32.4. The zero-order valence-corrected chi connectivity index (χ0v) is 25.9. The maximum absolute atomic E-state index is 14.0. The Morgan fingerprint density at radius 3 is 2.05 bits per heavy atom. The number of ether oxygens (including phenoxy) is 1. The van der Waals surface area contributed by atoms with E-state index in [1.54, 1.807) is 56.3 Å². The fourth-order valence-corrected chi connectivity index (χ4v) is 7.88. The third kappa shape index (κ3) is 7.40. The van der Waals surface area contributed by atoms with E-state index in [4.69, 9.17) is 4.42 Å². The van der Waals surface area contributed by atoms with Gasteiger partial charge in [0.25, 0.3) is 0 Å². The molecule has 13 heteroatoms. The molecule has 44 heavy (non-hydrogen) atoms. The van der Waals surface area contributed by atoms with Crippen molar-refractivity contribution in [3.05, 3.63) is 107 Å². The van der Waals surface area contributed by atoms with Gasteiger partial charge in [-0.3, -0.25) is 4.79 Å². The number of sulfone groups is 1. The number of furan rings is 1. The highest BCUT2D eigenvalue weighted by molar-refractivity contribution is 7.92. The lowest BCUT2D eigenvalue weighted by Gasteiger charge is -2.24. The van der Waals surface area contributed by atoms with Crippen molar-refractivity contribution in [2.75, 3.05) is 12.9 Å². The van der Waals surface area contributed by atoms with Crippen LogP contribution in [-0.2, 0) is 48.7 Å². The molecule has 3 aromatic carbocycles. The van der Waals surface area contributed by atoms with Gasteiger partial charge in [0.05, 0.1) is 23.4 Å². The van der Waals surface area contributed by atoms with Crippen LogP contribution >= 0.6 is 0 Å². The lowest BCUT2D eigenvalue weighted by Crippen LogP contribution is -2.31. The van der Waals surface area contributed by atoms with Crippen LogP contribution in [0.5, 0.6) is 0 Å².